The lowest BCUT2D eigenvalue weighted by atomic mass is 10.2. The second-order valence-corrected chi connectivity index (χ2v) is 7.57. The highest BCUT2D eigenvalue weighted by atomic mass is 32.2. The van der Waals surface area contributed by atoms with Gasteiger partial charge in [-0.05, 0) is 57.2 Å². The van der Waals surface area contributed by atoms with Crippen LogP contribution in [0.2, 0.25) is 0 Å². The van der Waals surface area contributed by atoms with Gasteiger partial charge in [0.05, 0.1) is 27.7 Å². The van der Waals surface area contributed by atoms with Gasteiger partial charge in [-0.25, -0.2) is 18.2 Å². The molecule has 0 aliphatic heterocycles. The predicted molar refractivity (Wildman–Crippen MR) is 99.8 cm³/mol. The highest BCUT2D eigenvalue weighted by Gasteiger charge is 2.12. The van der Waals surface area contributed by atoms with Crippen LogP contribution in [-0.2, 0) is 10.0 Å². The molecule has 26 heavy (non-hydrogen) atoms. The number of hydrogen-bond acceptors (Lipinski definition) is 5. The number of hydrogen-bond donors (Lipinski definition) is 1. The molecule has 0 unspecified atom stereocenters. The molecule has 0 amide bonds. The van der Waals surface area contributed by atoms with E-state index in [1.165, 1.54) is 17.7 Å². The summed E-state index contributed by atoms with van der Waals surface area (Å²) >= 11 is 0. The molecule has 0 fully saturated rings. The van der Waals surface area contributed by atoms with Gasteiger partial charge in [-0.1, -0.05) is 17.7 Å². The molecular formula is C18H19N5O2S. The Labute approximate surface area is 152 Å². The number of nitrogens with zero attached hydrogens (tertiary/aromatic N) is 4. The Hall–Kier alpha value is -2.84. The molecule has 0 bridgehead atoms. The summed E-state index contributed by atoms with van der Waals surface area (Å²) < 4.78 is 24.4. The van der Waals surface area contributed by atoms with Crippen LogP contribution in [0.4, 0.5) is 11.4 Å². The lowest BCUT2D eigenvalue weighted by Crippen LogP contribution is -2.11. The number of aryl methyl sites for hydroxylation is 2. The highest BCUT2D eigenvalue weighted by molar-refractivity contribution is 7.89. The second-order valence-electron chi connectivity index (χ2n) is 6.01. The SMILES string of the molecule is Cc1ccc(-n2nc(C)c(N=Nc3ccc(S(N)(=O)=O)cc3)c2C)cc1. The van der Waals surface area contributed by atoms with Crippen molar-refractivity contribution in [2.24, 2.45) is 15.4 Å². The Balaban J connectivity index is 1.90. The topological polar surface area (TPSA) is 103 Å². The molecule has 0 saturated carbocycles. The zero-order valence-electron chi connectivity index (χ0n) is 14.7. The number of rotatable bonds is 4. The molecule has 8 heteroatoms. The van der Waals surface area contributed by atoms with Crippen molar-refractivity contribution in [3.8, 4) is 5.69 Å². The van der Waals surface area contributed by atoms with Gasteiger partial charge in [0.25, 0.3) is 0 Å². The van der Waals surface area contributed by atoms with Crippen molar-refractivity contribution in [1.29, 1.82) is 0 Å². The van der Waals surface area contributed by atoms with Crippen molar-refractivity contribution in [3.63, 3.8) is 0 Å². The van der Waals surface area contributed by atoms with Crippen molar-refractivity contribution < 1.29 is 8.42 Å². The third kappa shape index (κ3) is 3.71. The van der Waals surface area contributed by atoms with Crippen molar-refractivity contribution in [2.45, 2.75) is 25.7 Å². The minimum atomic E-state index is -3.72. The average molecular weight is 369 g/mol. The van der Waals surface area contributed by atoms with Gasteiger partial charge in [0.1, 0.15) is 5.69 Å². The Morgan fingerprint density at radius 2 is 1.54 bits per heavy atom. The normalized spacial score (nSPS) is 12.0. The molecule has 0 radical (unpaired) electrons. The number of aromatic nitrogens is 2. The van der Waals surface area contributed by atoms with Crippen molar-refractivity contribution in [1.82, 2.24) is 9.78 Å². The molecule has 2 N–H and O–H groups in total. The molecule has 7 nitrogen and oxygen atoms in total. The van der Waals surface area contributed by atoms with Gasteiger partial charge in [0.2, 0.25) is 10.0 Å². The van der Waals surface area contributed by atoms with Gasteiger partial charge in [-0.2, -0.15) is 10.2 Å². The van der Waals surface area contributed by atoms with E-state index >= 15 is 0 Å². The Morgan fingerprint density at radius 3 is 2.12 bits per heavy atom. The maximum Gasteiger partial charge on any atom is 0.238 e. The second kappa shape index (κ2) is 6.81. The van der Waals surface area contributed by atoms with E-state index < -0.39 is 10.0 Å². The van der Waals surface area contributed by atoms with Gasteiger partial charge in [-0.3, -0.25) is 0 Å². The summed E-state index contributed by atoms with van der Waals surface area (Å²) in [7, 11) is -3.72. The van der Waals surface area contributed by atoms with E-state index in [4.69, 9.17) is 5.14 Å². The predicted octanol–water partition coefficient (Wildman–Crippen LogP) is 3.86. The molecule has 0 aliphatic carbocycles. The first-order valence-corrected chi connectivity index (χ1v) is 9.48. The lowest BCUT2D eigenvalue weighted by molar-refractivity contribution is 0.598. The van der Waals surface area contributed by atoms with E-state index in [0.29, 0.717) is 11.4 Å². The smallest absolute Gasteiger partial charge is 0.236 e. The molecule has 134 valence electrons. The monoisotopic (exact) mass is 369 g/mol. The van der Waals surface area contributed by atoms with E-state index in [-0.39, 0.29) is 4.90 Å². The molecule has 3 rings (SSSR count). The number of sulfonamides is 1. The van der Waals surface area contributed by atoms with E-state index in [1.807, 2.05) is 49.7 Å². The maximum absolute atomic E-state index is 11.3. The first-order valence-electron chi connectivity index (χ1n) is 7.93. The van der Waals surface area contributed by atoms with Crippen LogP contribution in [0.1, 0.15) is 17.0 Å². The number of azo groups is 1. The van der Waals surface area contributed by atoms with Crippen LogP contribution in [0.5, 0.6) is 0 Å². The minimum absolute atomic E-state index is 0.0380. The molecule has 0 aliphatic rings. The molecule has 2 aromatic carbocycles. The van der Waals surface area contributed by atoms with Crippen LogP contribution >= 0.6 is 0 Å². The van der Waals surface area contributed by atoms with E-state index in [0.717, 1.165) is 17.1 Å². The van der Waals surface area contributed by atoms with E-state index in [2.05, 4.69) is 15.3 Å². The highest BCUT2D eigenvalue weighted by Crippen LogP contribution is 2.28. The summed E-state index contributed by atoms with van der Waals surface area (Å²) in [5.41, 5.74) is 4.97. The van der Waals surface area contributed by atoms with Crippen molar-refractivity contribution >= 4 is 21.4 Å². The summed E-state index contributed by atoms with van der Waals surface area (Å²) in [4.78, 5) is 0.0380. The molecular weight excluding hydrogens is 350 g/mol. The number of benzene rings is 2. The Kier molecular flexibility index (Phi) is 4.71. The molecule has 0 saturated heterocycles. The van der Waals surface area contributed by atoms with E-state index in [1.54, 1.807) is 12.1 Å². The molecule has 0 atom stereocenters. The summed E-state index contributed by atoms with van der Waals surface area (Å²) in [6, 6.07) is 14.0. The summed E-state index contributed by atoms with van der Waals surface area (Å²) in [6.45, 7) is 5.83. The van der Waals surface area contributed by atoms with Gasteiger partial charge < -0.3 is 0 Å². The number of primary sulfonamides is 1. The average Bonchev–Trinajstić information content (AvgIpc) is 2.88. The molecule has 3 aromatic rings. The van der Waals surface area contributed by atoms with E-state index in [9.17, 15) is 8.42 Å². The lowest BCUT2D eigenvalue weighted by Gasteiger charge is -2.04. The van der Waals surface area contributed by atoms with Crippen LogP contribution < -0.4 is 5.14 Å². The molecule has 1 aromatic heterocycles. The van der Waals surface area contributed by atoms with Gasteiger partial charge >= 0.3 is 0 Å². The Bertz CT molecular complexity index is 1070. The third-order valence-electron chi connectivity index (χ3n) is 3.96. The van der Waals surface area contributed by atoms with Crippen molar-refractivity contribution in [3.05, 3.63) is 65.5 Å². The van der Waals surface area contributed by atoms with Crippen LogP contribution in [0.15, 0.2) is 63.7 Å². The molecule has 1 heterocycles. The summed E-state index contributed by atoms with van der Waals surface area (Å²) in [6.07, 6.45) is 0. The standard InChI is InChI=1S/C18H19N5O2S/c1-12-4-8-16(9-5-12)23-14(3)18(13(2)22-23)21-20-15-6-10-17(11-7-15)26(19,24)25/h4-11H,1-3H3,(H2,19,24,25). The Morgan fingerprint density at radius 1 is 0.923 bits per heavy atom. The fourth-order valence-electron chi connectivity index (χ4n) is 2.53. The fourth-order valence-corrected chi connectivity index (χ4v) is 3.04. The summed E-state index contributed by atoms with van der Waals surface area (Å²) in [5.74, 6) is 0. The van der Waals surface area contributed by atoms with Crippen molar-refractivity contribution in [2.75, 3.05) is 0 Å². The zero-order chi connectivity index (χ0) is 18.9. The zero-order valence-corrected chi connectivity index (χ0v) is 15.5. The summed E-state index contributed by atoms with van der Waals surface area (Å²) in [5, 5.41) is 18.1. The quantitative estimate of drug-likeness (QED) is 0.706. The van der Waals surface area contributed by atoms with Gasteiger partial charge in [-0.15, -0.1) is 5.11 Å². The largest absolute Gasteiger partial charge is 0.238 e. The van der Waals surface area contributed by atoms with Crippen LogP contribution in [0.25, 0.3) is 5.69 Å². The maximum atomic E-state index is 11.3. The van der Waals surface area contributed by atoms with Gasteiger partial charge in [0.15, 0.2) is 0 Å². The van der Waals surface area contributed by atoms with Gasteiger partial charge in [0, 0.05) is 0 Å². The number of nitrogens with two attached hydrogens (primary N) is 1. The fraction of sp³-hybridized carbons (Fsp3) is 0.167. The third-order valence-corrected chi connectivity index (χ3v) is 4.89. The first-order chi connectivity index (χ1) is 12.3. The van der Waals surface area contributed by atoms with Crippen LogP contribution in [0.3, 0.4) is 0 Å². The first kappa shape index (κ1) is 18.0. The van der Waals surface area contributed by atoms with Crippen LogP contribution in [-0.4, -0.2) is 18.2 Å². The minimum Gasteiger partial charge on any atom is -0.236 e. The van der Waals surface area contributed by atoms with Crippen LogP contribution in [0, 0.1) is 20.8 Å². The molecule has 0 spiro atoms.